The molecule has 0 bridgehead atoms. The molecule has 7 nitrogen and oxygen atoms in total. The number of hydrogen-bond acceptors (Lipinski definition) is 5. The predicted octanol–water partition coefficient (Wildman–Crippen LogP) is 1.86. The van der Waals surface area contributed by atoms with Gasteiger partial charge in [-0.1, -0.05) is 6.08 Å². The van der Waals surface area contributed by atoms with E-state index in [4.69, 9.17) is 9.84 Å². The van der Waals surface area contributed by atoms with Crippen molar-refractivity contribution in [3.05, 3.63) is 29.6 Å². The summed E-state index contributed by atoms with van der Waals surface area (Å²) in [5.74, 6) is 0.112. The maximum atomic E-state index is 13.2. The predicted molar refractivity (Wildman–Crippen MR) is 118 cm³/mol. The van der Waals surface area contributed by atoms with Gasteiger partial charge in [0.05, 0.1) is 19.8 Å². The summed E-state index contributed by atoms with van der Waals surface area (Å²) >= 11 is 0. The molecule has 0 unspecified atom stereocenters. The first kappa shape index (κ1) is 21.5. The van der Waals surface area contributed by atoms with Crippen molar-refractivity contribution in [2.45, 2.75) is 64.1 Å². The van der Waals surface area contributed by atoms with Crippen LogP contribution in [0, 0.1) is 0 Å². The van der Waals surface area contributed by atoms with E-state index in [1.54, 1.807) is 0 Å². The highest BCUT2D eigenvalue weighted by Crippen LogP contribution is 2.27. The van der Waals surface area contributed by atoms with Gasteiger partial charge >= 0.3 is 0 Å². The average Bonchev–Trinajstić information content (AvgIpc) is 3.41. The van der Waals surface area contributed by atoms with Crippen LogP contribution in [0.5, 0.6) is 0 Å². The monoisotopic (exact) mass is 415 g/mol. The molecule has 1 aliphatic carbocycles. The second-order valence-corrected chi connectivity index (χ2v) is 9.48. The van der Waals surface area contributed by atoms with Crippen molar-refractivity contribution >= 4 is 5.91 Å². The summed E-state index contributed by atoms with van der Waals surface area (Å²) in [5, 5.41) is 8.56. The molecule has 3 heterocycles. The molecule has 0 saturated carbocycles. The fourth-order valence-corrected chi connectivity index (χ4v) is 5.05. The van der Waals surface area contributed by atoms with Crippen LogP contribution in [-0.4, -0.2) is 83.0 Å². The SMILES string of the molecule is C=CCn1nc(C(=O)N2CCCC2)c2c1CC[C@@H](NCC(C)(C)N1CCOCC1)C2. The maximum absolute atomic E-state index is 13.2. The molecule has 1 atom stereocenters. The zero-order valence-electron chi connectivity index (χ0n) is 18.7. The third kappa shape index (κ3) is 4.48. The third-order valence-corrected chi connectivity index (χ3v) is 6.93. The number of allylic oxidation sites excluding steroid dienone is 1. The van der Waals surface area contributed by atoms with Crippen LogP contribution in [0.2, 0.25) is 0 Å². The molecule has 2 fully saturated rings. The molecule has 2 aliphatic heterocycles. The normalized spacial score (nSPS) is 22.9. The van der Waals surface area contributed by atoms with Gasteiger partial charge in [0.15, 0.2) is 5.69 Å². The molecule has 3 aliphatic rings. The molecule has 4 rings (SSSR count). The van der Waals surface area contributed by atoms with Crippen molar-refractivity contribution in [3.63, 3.8) is 0 Å². The van der Waals surface area contributed by atoms with E-state index in [9.17, 15) is 4.79 Å². The molecule has 1 N–H and O–H groups in total. The Bertz CT molecular complexity index is 760. The Hall–Kier alpha value is -1.70. The van der Waals surface area contributed by atoms with Gasteiger partial charge in [0.25, 0.3) is 5.91 Å². The van der Waals surface area contributed by atoms with Crippen molar-refractivity contribution in [1.29, 1.82) is 0 Å². The van der Waals surface area contributed by atoms with Crippen LogP contribution in [0.1, 0.15) is 54.9 Å². The number of aromatic nitrogens is 2. The lowest BCUT2D eigenvalue weighted by Gasteiger charge is -2.42. The fraction of sp³-hybridized carbons (Fsp3) is 0.739. The summed E-state index contributed by atoms with van der Waals surface area (Å²) in [7, 11) is 0. The Morgan fingerprint density at radius 2 is 2.00 bits per heavy atom. The van der Waals surface area contributed by atoms with Crippen molar-refractivity contribution in [1.82, 2.24) is 24.9 Å². The van der Waals surface area contributed by atoms with Gasteiger partial charge in [-0.2, -0.15) is 5.10 Å². The minimum atomic E-state index is 0.0886. The van der Waals surface area contributed by atoms with E-state index in [0.717, 1.165) is 83.6 Å². The molecule has 0 radical (unpaired) electrons. The minimum Gasteiger partial charge on any atom is -0.379 e. The smallest absolute Gasteiger partial charge is 0.274 e. The molecule has 1 amide bonds. The molecule has 2 saturated heterocycles. The summed E-state index contributed by atoms with van der Waals surface area (Å²) in [4.78, 5) is 17.6. The topological polar surface area (TPSA) is 62.6 Å². The number of nitrogens with zero attached hydrogens (tertiary/aromatic N) is 4. The van der Waals surface area contributed by atoms with Crippen LogP contribution in [0.25, 0.3) is 0 Å². The van der Waals surface area contributed by atoms with Gasteiger partial charge in [-0.05, 0) is 46.0 Å². The summed E-state index contributed by atoms with van der Waals surface area (Å²) in [6, 6.07) is 0.379. The Labute approximate surface area is 180 Å². The first-order valence-electron chi connectivity index (χ1n) is 11.5. The average molecular weight is 416 g/mol. The van der Waals surface area contributed by atoms with E-state index in [2.05, 4.69) is 30.6 Å². The van der Waals surface area contributed by atoms with E-state index >= 15 is 0 Å². The van der Waals surface area contributed by atoms with E-state index in [1.807, 2.05) is 15.7 Å². The molecule has 7 heteroatoms. The quantitative estimate of drug-likeness (QED) is 0.689. The van der Waals surface area contributed by atoms with Gasteiger partial charge < -0.3 is 15.0 Å². The van der Waals surface area contributed by atoms with Crippen LogP contribution in [0.3, 0.4) is 0 Å². The Kier molecular flexibility index (Phi) is 6.60. The maximum Gasteiger partial charge on any atom is 0.274 e. The van der Waals surface area contributed by atoms with Crippen LogP contribution < -0.4 is 5.32 Å². The molecule has 30 heavy (non-hydrogen) atoms. The molecular weight excluding hydrogens is 378 g/mol. The number of carbonyl (C=O) groups is 1. The van der Waals surface area contributed by atoms with Crippen molar-refractivity contribution in [2.24, 2.45) is 0 Å². The first-order valence-corrected chi connectivity index (χ1v) is 11.5. The summed E-state index contributed by atoms with van der Waals surface area (Å²) in [6.07, 6.45) is 6.98. The Morgan fingerprint density at radius 1 is 1.27 bits per heavy atom. The van der Waals surface area contributed by atoms with Crippen LogP contribution in [0.15, 0.2) is 12.7 Å². The van der Waals surface area contributed by atoms with Gasteiger partial charge in [0.1, 0.15) is 0 Å². The number of fused-ring (bicyclic) bond motifs is 1. The number of rotatable bonds is 7. The minimum absolute atomic E-state index is 0.0886. The Morgan fingerprint density at radius 3 is 2.70 bits per heavy atom. The van der Waals surface area contributed by atoms with E-state index in [-0.39, 0.29) is 11.4 Å². The van der Waals surface area contributed by atoms with Gasteiger partial charge in [0.2, 0.25) is 0 Å². The zero-order valence-corrected chi connectivity index (χ0v) is 18.7. The van der Waals surface area contributed by atoms with E-state index < -0.39 is 0 Å². The van der Waals surface area contributed by atoms with Crippen LogP contribution in [0.4, 0.5) is 0 Å². The summed E-state index contributed by atoms with van der Waals surface area (Å²) in [6.45, 7) is 15.4. The fourth-order valence-electron chi connectivity index (χ4n) is 5.05. The molecule has 166 valence electrons. The standard InChI is InChI=1S/C23H37N5O2/c1-4-9-28-20-8-7-18(24-17-23(2,3)27-12-14-30-15-13-27)16-19(20)21(25-28)22(29)26-10-5-6-11-26/h4,18,24H,1,5-17H2,2-3H3/t18-/m1/s1. The van der Waals surface area contributed by atoms with Gasteiger partial charge in [-0.25, -0.2) is 0 Å². The lowest BCUT2D eigenvalue weighted by Crippen LogP contribution is -2.56. The molecular formula is C23H37N5O2. The highest BCUT2D eigenvalue weighted by molar-refractivity contribution is 5.94. The second kappa shape index (κ2) is 9.20. The van der Waals surface area contributed by atoms with Crippen LogP contribution >= 0.6 is 0 Å². The third-order valence-electron chi connectivity index (χ3n) is 6.93. The summed E-state index contributed by atoms with van der Waals surface area (Å²) in [5.41, 5.74) is 3.14. The first-order chi connectivity index (χ1) is 14.5. The molecule has 0 spiro atoms. The zero-order chi connectivity index (χ0) is 21.1. The van der Waals surface area contributed by atoms with Crippen molar-refractivity contribution in [2.75, 3.05) is 45.9 Å². The lowest BCUT2D eigenvalue weighted by molar-refractivity contribution is -0.0104. The number of hydrogen-bond donors (Lipinski definition) is 1. The van der Waals surface area contributed by atoms with Crippen molar-refractivity contribution in [3.8, 4) is 0 Å². The van der Waals surface area contributed by atoms with E-state index in [0.29, 0.717) is 18.3 Å². The van der Waals surface area contributed by atoms with Crippen LogP contribution in [-0.2, 0) is 24.1 Å². The van der Waals surface area contributed by atoms with Gasteiger partial charge in [-0.3, -0.25) is 14.4 Å². The number of morpholine rings is 1. The highest BCUT2D eigenvalue weighted by Gasteiger charge is 2.33. The number of nitrogens with one attached hydrogen (secondary N) is 1. The molecule has 1 aromatic rings. The molecule has 0 aromatic carbocycles. The lowest BCUT2D eigenvalue weighted by atomic mass is 9.90. The number of amides is 1. The largest absolute Gasteiger partial charge is 0.379 e. The molecule has 1 aromatic heterocycles. The Balaban J connectivity index is 1.46. The van der Waals surface area contributed by atoms with Gasteiger partial charge in [-0.15, -0.1) is 6.58 Å². The number of likely N-dealkylation sites (tertiary alicyclic amines) is 1. The number of carbonyl (C=O) groups excluding carboxylic acids is 1. The van der Waals surface area contributed by atoms with Gasteiger partial charge in [0, 0.05) is 55.6 Å². The van der Waals surface area contributed by atoms with Crippen molar-refractivity contribution < 1.29 is 9.53 Å². The number of ether oxygens (including phenoxy) is 1. The summed E-state index contributed by atoms with van der Waals surface area (Å²) < 4.78 is 7.51. The second-order valence-electron chi connectivity index (χ2n) is 9.48. The highest BCUT2D eigenvalue weighted by atomic mass is 16.5. The van der Waals surface area contributed by atoms with E-state index in [1.165, 1.54) is 5.69 Å².